The van der Waals surface area contributed by atoms with E-state index < -0.39 is 0 Å². The molecule has 1 aromatic heterocycles. The van der Waals surface area contributed by atoms with E-state index in [2.05, 4.69) is 10.4 Å². The van der Waals surface area contributed by atoms with Crippen LogP contribution in [0.15, 0.2) is 30.5 Å². The Kier molecular flexibility index (Phi) is 4.52. The minimum absolute atomic E-state index is 0.275. The molecule has 1 aromatic carbocycles. The fraction of sp³-hybridized carbons (Fsp3) is 0.357. The van der Waals surface area contributed by atoms with E-state index in [0.29, 0.717) is 6.54 Å². The molecule has 2 aromatic rings. The van der Waals surface area contributed by atoms with Crippen LogP contribution in [-0.4, -0.2) is 23.4 Å². The van der Waals surface area contributed by atoms with Gasteiger partial charge in [0.15, 0.2) is 11.6 Å². The fourth-order valence-corrected chi connectivity index (χ4v) is 1.87. The van der Waals surface area contributed by atoms with Crippen LogP contribution in [0.5, 0.6) is 5.75 Å². The molecule has 0 spiro atoms. The van der Waals surface area contributed by atoms with Crippen LogP contribution in [-0.2, 0) is 20.0 Å². The first-order chi connectivity index (χ1) is 9.19. The van der Waals surface area contributed by atoms with Crippen molar-refractivity contribution >= 4 is 0 Å². The highest BCUT2D eigenvalue weighted by Gasteiger charge is 2.03. The highest BCUT2D eigenvalue weighted by Crippen LogP contribution is 2.17. The Hall–Kier alpha value is -1.88. The monoisotopic (exact) mass is 263 g/mol. The number of aromatic nitrogens is 2. The van der Waals surface area contributed by atoms with Gasteiger partial charge in [0.1, 0.15) is 0 Å². The van der Waals surface area contributed by atoms with Crippen LogP contribution in [0.1, 0.15) is 11.3 Å². The van der Waals surface area contributed by atoms with Crippen LogP contribution < -0.4 is 10.1 Å². The summed E-state index contributed by atoms with van der Waals surface area (Å²) < 4.78 is 20.1. The Morgan fingerprint density at radius 3 is 2.84 bits per heavy atom. The highest BCUT2D eigenvalue weighted by molar-refractivity contribution is 5.29. The second kappa shape index (κ2) is 6.33. The van der Waals surface area contributed by atoms with Crippen molar-refractivity contribution in [2.45, 2.75) is 13.0 Å². The van der Waals surface area contributed by atoms with Crippen LogP contribution in [0.25, 0.3) is 0 Å². The molecule has 0 unspecified atom stereocenters. The molecule has 0 atom stereocenters. The number of halogens is 1. The van der Waals surface area contributed by atoms with Crippen LogP contribution >= 0.6 is 0 Å². The van der Waals surface area contributed by atoms with Gasteiger partial charge in [-0.3, -0.25) is 4.68 Å². The third-order valence-electron chi connectivity index (χ3n) is 2.87. The van der Waals surface area contributed by atoms with Gasteiger partial charge < -0.3 is 10.1 Å². The van der Waals surface area contributed by atoms with E-state index in [0.717, 1.165) is 24.2 Å². The van der Waals surface area contributed by atoms with Crippen molar-refractivity contribution < 1.29 is 9.13 Å². The first-order valence-electron chi connectivity index (χ1n) is 6.20. The molecule has 0 aliphatic heterocycles. The molecular formula is C14H18FN3O. The van der Waals surface area contributed by atoms with Gasteiger partial charge in [0.05, 0.1) is 12.8 Å². The van der Waals surface area contributed by atoms with Gasteiger partial charge in [0, 0.05) is 32.8 Å². The average Bonchev–Trinajstić information content (AvgIpc) is 2.81. The van der Waals surface area contributed by atoms with E-state index in [9.17, 15) is 4.39 Å². The van der Waals surface area contributed by atoms with E-state index in [1.165, 1.54) is 13.2 Å². The third-order valence-corrected chi connectivity index (χ3v) is 2.87. The zero-order valence-electron chi connectivity index (χ0n) is 11.2. The quantitative estimate of drug-likeness (QED) is 0.809. The maximum atomic E-state index is 13.5. The molecule has 0 bridgehead atoms. The molecule has 0 radical (unpaired) electrons. The van der Waals surface area contributed by atoms with E-state index in [1.807, 2.05) is 25.4 Å². The van der Waals surface area contributed by atoms with Crippen molar-refractivity contribution in [3.05, 3.63) is 47.5 Å². The molecule has 0 amide bonds. The van der Waals surface area contributed by atoms with E-state index in [1.54, 1.807) is 10.7 Å². The fourth-order valence-electron chi connectivity index (χ4n) is 1.87. The van der Waals surface area contributed by atoms with Gasteiger partial charge in [-0.05, 0) is 23.8 Å². The molecular weight excluding hydrogens is 245 g/mol. The summed E-state index contributed by atoms with van der Waals surface area (Å²) in [5, 5.41) is 7.56. The summed E-state index contributed by atoms with van der Waals surface area (Å²) in [6.07, 6.45) is 2.79. The van der Waals surface area contributed by atoms with Gasteiger partial charge in [0.2, 0.25) is 0 Å². The summed E-state index contributed by atoms with van der Waals surface area (Å²) in [4.78, 5) is 0. The first kappa shape index (κ1) is 13.5. The van der Waals surface area contributed by atoms with Crippen LogP contribution in [0.3, 0.4) is 0 Å². The van der Waals surface area contributed by atoms with Crippen molar-refractivity contribution in [3.8, 4) is 5.75 Å². The normalized spacial score (nSPS) is 10.7. The van der Waals surface area contributed by atoms with E-state index in [4.69, 9.17) is 4.74 Å². The molecule has 19 heavy (non-hydrogen) atoms. The number of aryl methyl sites for hydroxylation is 1. The average molecular weight is 263 g/mol. The second-order valence-corrected chi connectivity index (χ2v) is 4.38. The van der Waals surface area contributed by atoms with Crippen molar-refractivity contribution in [2.24, 2.45) is 7.05 Å². The number of hydrogen-bond donors (Lipinski definition) is 1. The molecule has 0 saturated heterocycles. The summed E-state index contributed by atoms with van der Waals surface area (Å²) in [5.41, 5.74) is 1.95. The van der Waals surface area contributed by atoms with Crippen LogP contribution in [0.2, 0.25) is 0 Å². The molecule has 4 nitrogen and oxygen atoms in total. The molecule has 0 aliphatic carbocycles. The number of nitrogens with zero attached hydrogens (tertiary/aromatic N) is 2. The van der Waals surface area contributed by atoms with Crippen molar-refractivity contribution in [1.29, 1.82) is 0 Å². The zero-order valence-corrected chi connectivity index (χ0v) is 11.2. The van der Waals surface area contributed by atoms with E-state index in [-0.39, 0.29) is 11.6 Å². The lowest BCUT2D eigenvalue weighted by Gasteiger charge is -2.06. The SMILES string of the molecule is COc1ccc(CNCCc2ccn(C)n2)cc1F. The summed E-state index contributed by atoms with van der Waals surface area (Å²) in [6, 6.07) is 6.99. The molecule has 5 heteroatoms. The molecule has 0 saturated carbocycles. The molecule has 1 heterocycles. The smallest absolute Gasteiger partial charge is 0.165 e. The molecule has 102 valence electrons. The van der Waals surface area contributed by atoms with Gasteiger partial charge in [-0.15, -0.1) is 0 Å². The van der Waals surface area contributed by atoms with Gasteiger partial charge in [-0.25, -0.2) is 4.39 Å². The summed E-state index contributed by atoms with van der Waals surface area (Å²) in [6.45, 7) is 1.44. The van der Waals surface area contributed by atoms with Gasteiger partial charge in [-0.1, -0.05) is 6.07 Å². The van der Waals surface area contributed by atoms with Crippen LogP contribution in [0.4, 0.5) is 4.39 Å². The molecule has 2 rings (SSSR count). The first-order valence-corrected chi connectivity index (χ1v) is 6.20. The Balaban J connectivity index is 1.78. The maximum Gasteiger partial charge on any atom is 0.165 e. The minimum Gasteiger partial charge on any atom is -0.494 e. The van der Waals surface area contributed by atoms with Crippen molar-refractivity contribution in [2.75, 3.05) is 13.7 Å². The van der Waals surface area contributed by atoms with Crippen molar-refractivity contribution in [3.63, 3.8) is 0 Å². The summed E-state index contributed by atoms with van der Waals surface area (Å²) in [5.74, 6) is -0.0521. The largest absolute Gasteiger partial charge is 0.494 e. The number of ether oxygens (including phenoxy) is 1. The zero-order chi connectivity index (χ0) is 13.7. The topological polar surface area (TPSA) is 39.1 Å². The van der Waals surface area contributed by atoms with Crippen LogP contribution in [0, 0.1) is 5.82 Å². The summed E-state index contributed by atoms with van der Waals surface area (Å²) >= 11 is 0. The molecule has 0 fully saturated rings. The van der Waals surface area contributed by atoms with Gasteiger partial charge in [0.25, 0.3) is 0 Å². The Bertz CT molecular complexity index is 539. The standard InChI is InChI=1S/C14H18FN3O/c1-18-8-6-12(17-18)5-7-16-10-11-3-4-14(19-2)13(15)9-11/h3-4,6,8-9,16H,5,7,10H2,1-2H3. The predicted octanol–water partition coefficient (Wildman–Crippen LogP) is 1.90. The molecule has 1 N–H and O–H groups in total. The third kappa shape index (κ3) is 3.79. The van der Waals surface area contributed by atoms with Crippen molar-refractivity contribution in [1.82, 2.24) is 15.1 Å². The number of hydrogen-bond acceptors (Lipinski definition) is 3. The summed E-state index contributed by atoms with van der Waals surface area (Å²) in [7, 11) is 3.36. The number of nitrogens with one attached hydrogen (secondary N) is 1. The maximum absolute atomic E-state index is 13.5. The molecule has 0 aliphatic rings. The number of methoxy groups -OCH3 is 1. The highest BCUT2D eigenvalue weighted by atomic mass is 19.1. The Morgan fingerprint density at radius 1 is 1.37 bits per heavy atom. The Morgan fingerprint density at radius 2 is 2.21 bits per heavy atom. The lowest BCUT2D eigenvalue weighted by Crippen LogP contribution is -2.17. The lowest BCUT2D eigenvalue weighted by atomic mass is 10.2. The van der Waals surface area contributed by atoms with E-state index >= 15 is 0 Å². The number of rotatable bonds is 6. The second-order valence-electron chi connectivity index (χ2n) is 4.38. The lowest BCUT2D eigenvalue weighted by molar-refractivity contribution is 0.386. The predicted molar refractivity (Wildman–Crippen MR) is 71.6 cm³/mol. The Labute approximate surface area is 112 Å². The van der Waals surface area contributed by atoms with Gasteiger partial charge in [-0.2, -0.15) is 5.10 Å². The van der Waals surface area contributed by atoms with Gasteiger partial charge >= 0.3 is 0 Å². The number of benzene rings is 1. The minimum atomic E-state index is -0.327.